The van der Waals surface area contributed by atoms with Crippen molar-refractivity contribution in [1.29, 1.82) is 0 Å². The number of ether oxygens (including phenoxy) is 3. The number of rotatable bonds is 11. The molecule has 0 heterocycles. The van der Waals surface area contributed by atoms with E-state index in [0.717, 1.165) is 6.42 Å². The largest absolute Gasteiger partial charge is 0.494 e. The molecular formula is C20H26N2O5S. The van der Waals surface area contributed by atoms with Crippen LogP contribution in [-0.2, 0) is 10.0 Å². The number of nitrogens with zero attached hydrogens (tertiary/aromatic N) is 1. The van der Waals surface area contributed by atoms with Gasteiger partial charge in [-0.3, -0.25) is 0 Å². The van der Waals surface area contributed by atoms with E-state index in [9.17, 15) is 8.42 Å². The first-order valence-corrected chi connectivity index (χ1v) is 10.7. The number of hydrazone groups is 1. The molecule has 0 saturated heterocycles. The van der Waals surface area contributed by atoms with E-state index < -0.39 is 10.0 Å². The molecule has 0 radical (unpaired) electrons. The first-order chi connectivity index (χ1) is 13.5. The standard InChI is InChI=1S/C20H26N2O5S/c1-4-13-27-19-12-7-16(14-20(19)26-6-3)15-21-22-28(23,24)18-10-8-17(9-11-18)25-5-2/h7-12,14-15,22H,4-6,13H2,1-3H3/b21-15+. The first kappa shape index (κ1) is 21.6. The minimum absolute atomic E-state index is 0.103. The van der Waals surface area contributed by atoms with Gasteiger partial charge in [-0.1, -0.05) is 6.92 Å². The summed E-state index contributed by atoms with van der Waals surface area (Å²) in [6.07, 6.45) is 2.31. The van der Waals surface area contributed by atoms with Crippen LogP contribution in [0.1, 0.15) is 32.8 Å². The zero-order valence-electron chi connectivity index (χ0n) is 16.3. The molecule has 0 spiro atoms. The van der Waals surface area contributed by atoms with Gasteiger partial charge in [0.1, 0.15) is 5.75 Å². The molecule has 0 aromatic heterocycles. The normalized spacial score (nSPS) is 11.4. The Morgan fingerprint density at radius 1 is 0.929 bits per heavy atom. The predicted octanol–water partition coefficient (Wildman–Crippen LogP) is 3.59. The van der Waals surface area contributed by atoms with Crippen LogP contribution in [-0.4, -0.2) is 34.5 Å². The third-order valence-electron chi connectivity index (χ3n) is 3.56. The van der Waals surface area contributed by atoms with Gasteiger partial charge in [-0.25, -0.2) is 4.83 Å². The molecule has 28 heavy (non-hydrogen) atoms. The Kier molecular flexibility index (Phi) is 8.13. The van der Waals surface area contributed by atoms with Crippen molar-refractivity contribution >= 4 is 16.2 Å². The molecule has 0 unspecified atom stereocenters. The topological polar surface area (TPSA) is 86.2 Å². The number of benzene rings is 2. The van der Waals surface area contributed by atoms with Crippen LogP contribution in [0.2, 0.25) is 0 Å². The molecule has 0 saturated carbocycles. The average molecular weight is 407 g/mol. The highest BCUT2D eigenvalue weighted by Crippen LogP contribution is 2.28. The minimum atomic E-state index is -3.76. The van der Waals surface area contributed by atoms with E-state index in [-0.39, 0.29) is 4.90 Å². The van der Waals surface area contributed by atoms with Crippen LogP contribution in [0.5, 0.6) is 17.2 Å². The fourth-order valence-corrected chi connectivity index (χ4v) is 3.10. The molecule has 0 atom stereocenters. The maximum Gasteiger partial charge on any atom is 0.276 e. The summed E-state index contributed by atoms with van der Waals surface area (Å²) in [4.78, 5) is 2.31. The van der Waals surface area contributed by atoms with Gasteiger partial charge in [0, 0.05) is 0 Å². The Hall–Kier alpha value is -2.74. The lowest BCUT2D eigenvalue weighted by Crippen LogP contribution is -2.18. The molecule has 2 aromatic rings. The molecule has 1 N–H and O–H groups in total. The van der Waals surface area contributed by atoms with Crippen molar-refractivity contribution in [3.63, 3.8) is 0 Å². The molecule has 0 aliphatic rings. The summed E-state index contributed by atoms with van der Waals surface area (Å²) in [5.74, 6) is 1.85. The highest BCUT2D eigenvalue weighted by molar-refractivity contribution is 7.89. The van der Waals surface area contributed by atoms with E-state index in [1.807, 2.05) is 20.8 Å². The third kappa shape index (κ3) is 6.16. The van der Waals surface area contributed by atoms with E-state index in [1.54, 1.807) is 30.3 Å². The second kappa shape index (κ2) is 10.6. The van der Waals surface area contributed by atoms with E-state index in [4.69, 9.17) is 14.2 Å². The van der Waals surface area contributed by atoms with Gasteiger partial charge < -0.3 is 14.2 Å². The molecule has 0 amide bonds. The Labute approximate surface area is 166 Å². The molecule has 152 valence electrons. The van der Waals surface area contributed by atoms with E-state index in [0.29, 0.717) is 42.6 Å². The fraction of sp³-hybridized carbons (Fsp3) is 0.350. The molecule has 2 aromatic carbocycles. The molecular weight excluding hydrogens is 380 g/mol. The van der Waals surface area contributed by atoms with Crippen LogP contribution in [0.3, 0.4) is 0 Å². The van der Waals surface area contributed by atoms with Crippen molar-refractivity contribution in [2.24, 2.45) is 5.10 Å². The Balaban J connectivity index is 2.08. The molecule has 7 nitrogen and oxygen atoms in total. The van der Waals surface area contributed by atoms with Crippen molar-refractivity contribution in [3.05, 3.63) is 48.0 Å². The molecule has 0 aliphatic heterocycles. The highest BCUT2D eigenvalue weighted by atomic mass is 32.2. The van der Waals surface area contributed by atoms with Crippen LogP contribution >= 0.6 is 0 Å². The summed E-state index contributed by atoms with van der Waals surface area (Å²) in [7, 11) is -3.76. The summed E-state index contributed by atoms with van der Waals surface area (Å²) in [5, 5.41) is 3.85. The maximum atomic E-state index is 12.3. The van der Waals surface area contributed by atoms with Gasteiger partial charge in [0.2, 0.25) is 0 Å². The quantitative estimate of drug-likeness (QED) is 0.455. The van der Waals surface area contributed by atoms with Crippen LogP contribution < -0.4 is 19.0 Å². The monoisotopic (exact) mass is 406 g/mol. The van der Waals surface area contributed by atoms with Crippen LogP contribution in [0.25, 0.3) is 0 Å². The van der Waals surface area contributed by atoms with Crippen molar-refractivity contribution in [1.82, 2.24) is 4.83 Å². The zero-order valence-corrected chi connectivity index (χ0v) is 17.2. The van der Waals surface area contributed by atoms with Gasteiger partial charge >= 0.3 is 0 Å². The number of hydrogen-bond acceptors (Lipinski definition) is 6. The Bertz CT molecular complexity index is 880. The lowest BCUT2D eigenvalue weighted by Gasteiger charge is -2.11. The average Bonchev–Trinajstić information content (AvgIpc) is 2.68. The van der Waals surface area contributed by atoms with Gasteiger partial charge in [-0.2, -0.15) is 13.5 Å². The van der Waals surface area contributed by atoms with Crippen LogP contribution in [0.15, 0.2) is 52.5 Å². The second-order valence-electron chi connectivity index (χ2n) is 5.74. The predicted molar refractivity (Wildman–Crippen MR) is 109 cm³/mol. The number of hydrogen-bond donors (Lipinski definition) is 1. The fourth-order valence-electron chi connectivity index (χ4n) is 2.31. The lowest BCUT2D eigenvalue weighted by atomic mass is 10.2. The van der Waals surface area contributed by atoms with Gasteiger partial charge in [0.15, 0.2) is 11.5 Å². The molecule has 2 rings (SSSR count). The van der Waals surface area contributed by atoms with E-state index in [2.05, 4.69) is 9.93 Å². The van der Waals surface area contributed by atoms with Crippen LogP contribution in [0, 0.1) is 0 Å². The molecule has 0 bridgehead atoms. The SMILES string of the molecule is CCCOc1ccc(/C=N/NS(=O)(=O)c2ccc(OCC)cc2)cc1OCC. The second-order valence-corrected chi connectivity index (χ2v) is 7.41. The lowest BCUT2D eigenvalue weighted by molar-refractivity contribution is 0.277. The zero-order chi connectivity index (χ0) is 20.4. The number of sulfonamides is 1. The van der Waals surface area contributed by atoms with Crippen molar-refractivity contribution < 1.29 is 22.6 Å². The molecule has 0 fully saturated rings. The van der Waals surface area contributed by atoms with Crippen LogP contribution in [0.4, 0.5) is 0 Å². The summed E-state index contributed by atoms with van der Waals surface area (Å²) < 4.78 is 41.2. The van der Waals surface area contributed by atoms with E-state index in [1.165, 1.54) is 18.3 Å². The summed E-state index contributed by atoms with van der Waals surface area (Å²) >= 11 is 0. The van der Waals surface area contributed by atoms with Crippen molar-refractivity contribution in [3.8, 4) is 17.2 Å². The Morgan fingerprint density at radius 3 is 2.29 bits per heavy atom. The smallest absolute Gasteiger partial charge is 0.276 e. The Morgan fingerprint density at radius 2 is 1.64 bits per heavy atom. The van der Waals surface area contributed by atoms with Gasteiger partial charge in [-0.15, -0.1) is 0 Å². The maximum absolute atomic E-state index is 12.3. The van der Waals surface area contributed by atoms with Crippen molar-refractivity contribution in [2.75, 3.05) is 19.8 Å². The molecule has 0 aliphatic carbocycles. The number of nitrogens with one attached hydrogen (secondary N) is 1. The van der Waals surface area contributed by atoms with Gasteiger partial charge in [0.25, 0.3) is 10.0 Å². The van der Waals surface area contributed by atoms with Crippen molar-refractivity contribution in [2.45, 2.75) is 32.1 Å². The third-order valence-corrected chi connectivity index (χ3v) is 4.80. The summed E-state index contributed by atoms with van der Waals surface area (Å²) in [6, 6.07) is 11.5. The minimum Gasteiger partial charge on any atom is -0.494 e. The summed E-state index contributed by atoms with van der Waals surface area (Å²) in [6.45, 7) is 7.37. The van der Waals surface area contributed by atoms with E-state index >= 15 is 0 Å². The highest BCUT2D eigenvalue weighted by Gasteiger charge is 2.12. The van der Waals surface area contributed by atoms with Gasteiger partial charge in [-0.05, 0) is 68.3 Å². The molecule has 8 heteroatoms. The van der Waals surface area contributed by atoms with Gasteiger partial charge in [0.05, 0.1) is 30.9 Å². The summed E-state index contributed by atoms with van der Waals surface area (Å²) in [5.41, 5.74) is 0.682. The first-order valence-electron chi connectivity index (χ1n) is 9.17.